The molecule has 0 aliphatic heterocycles. The predicted molar refractivity (Wildman–Crippen MR) is 112 cm³/mol. The van der Waals surface area contributed by atoms with Crippen molar-refractivity contribution in [2.24, 2.45) is 4.99 Å². The quantitative estimate of drug-likeness (QED) is 0.269. The van der Waals surface area contributed by atoms with Crippen LogP contribution in [0.1, 0.15) is 22.7 Å². The average molecular weight is 512 g/mol. The van der Waals surface area contributed by atoms with Gasteiger partial charge in [-0.2, -0.15) is 5.10 Å². The molecular formula is C15H23BrIN5S. The van der Waals surface area contributed by atoms with Crippen LogP contribution in [-0.4, -0.2) is 29.3 Å². The Bertz CT molecular complexity index is 638. The minimum atomic E-state index is 0. The van der Waals surface area contributed by atoms with E-state index in [0.717, 1.165) is 41.5 Å². The number of thiophene rings is 1. The van der Waals surface area contributed by atoms with Crippen molar-refractivity contribution in [1.29, 1.82) is 0 Å². The lowest BCUT2D eigenvalue weighted by Gasteiger charge is -2.11. The molecule has 2 heterocycles. The number of nitrogens with zero attached hydrogens (tertiary/aromatic N) is 3. The summed E-state index contributed by atoms with van der Waals surface area (Å²) in [5, 5.41) is 11.1. The van der Waals surface area contributed by atoms with Gasteiger partial charge < -0.3 is 10.6 Å². The van der Waals surface area contributed by atoms with Crippen molar-refractivity contribution in [1.82, 2.24) is 20.4 Å². The van der Waals surface area contributed by atoms with Gasteiger partial charge in [-0.1, -0.05) is 0 Å². The zero-order chi connectivity index (χ0) is 15.9. The second-order valence-corrected chi connectivity index (χ2v) is 7.61. The molecule has 0 aliphatic rings. The number of nitrogens with one attached hydrogen (secondary N) is 2. The van der Waals surface area contributed by atoms with Crippen molar-refractivity contribution in [3.8, 4) is 0 Å². The van der Waals surface area contributed by atoms with E-state index in [1.165, 1.54) is 10.6 Å². The second-order valence-electron chi connectivity index (χ2n) is 5.06. The zero-order valence-corrected chi connectivity index (χ0v) is 18.3. The van der Waals surface area contributed by atoms with Gasteiger partial charge in [0, 0.05) is 30.7 Å². The molecule has 23 heavy (non-hydrogen) atoms. The van der Waals surface area contributed by atoms with Crippen molar-refractivity contribution >= 4 is 57.2 Å². The van der Waals surface area contributed by atoms with Crippen LogP contribution in [-0.2, 0) is 13.1 Å². The first-order chi connectivity index (χ1) is 10.6. The molecule has 0 fully saturated rings. The van der Waals surface area contributed by atoms with Crippen molar-refractivity contribution in [3.05, 3.63) is 38.3 Å². The summed E-state index contributed by atoms with van der Waals surface area (Å²) in [6.07, 6.45) is 1.01. The normalized spacial score (nSPS) is 11.2. The van der Waals surface area contributed by atoms with Gasteiger partial charge in [-0.15, -0.1) is 35.3 Å². The summed E-state index contributed by atoms with van der Waals surface area (Å²) in [7, 11) is 1.79. The summed E-state index contributed by atoms with van der Waals surface area (Å²) >= 11 is 5.20. The van der Waals surface area contributed by atoms with E-state index in [-0.39, 0.29) is 24.0 Å². The van der Waals surface area contributed by atoms with Crippen LogP contribution in [0.4, 0.5) is 0 Å². The minimum Gasteiger partial charge on any atom is -0.356 e. The lowest BCUT2D eigenvalue weighted by atomic mass is 10.4. The molecule has 0 spiro atoms. The number of rotatable bonds is 6. The van der Waals surface area contributed by atoms with Crippen molar-refractivity contribution < 1.29 is 0 Å². The van der Waals surface area contributed by atoms with Crippen molar-refractivity contribution in [3.63, 3.8) is 0 Å². The molecule has 8 heteroatoms. The third kappa shape index (κ3) is 6.80. The van der Waals surface area contributed by atoms with E-state index >= 15 is 0 Å². The largest absolute Gasteiger partial charge is 0.356 e. The third-order valence-electron chi connectivity index (χ3n) is 3.23. The first kappa shape index (κ1) is 20.4. The van der Waals surface area contributed by atoms with Gasteiger partial charge >= 0.3 is 0 Å². The number of aliphatic imine (C=N–C) groups is 1. The molecule has 0 aliphatic carbocycles. The van der Waals surface area contributed by atoms with Gasteiger partial charge in [-0.3, -0.25) is 9.67 Å². The minimum absolute atomic E-state index is 0. The Balaban J connectivity index is 0.00000264. The fraction of sp³-hybridized carbons (Fsp3) is 0.467. The number of hydrogen-bond donors (Lipinski definition) is 2. The van der Waals surface area contributed by atoms with Crippen LogP contribution in [0.25, 0.3) is 0 Å². The Kier molecular flexibility index (Phi) is 9.15. The van der Waals surface area contributed by atoms with E-state index < -0.39 is 0 Å². The van der Waals surface area contributed by atoms with Crippen LogP contribution in [0.3, 0.4) is 0 Å². The average Bonchev–Trinajstić information content (AvgIpc) is 3.03. The van der Waals surface area contributed by atoms with E-state index in [2.05, 4.69) is 66.5 Å². The van der Waals surface area contributed by atoms with E-state index in [9.17, 15) is 0 Å². The van der Waals surface area contributed by atoms with Crippen molar-refractivity contribution in [2.45, 2.75) is 33.4 Å². The molecule has 2 aromatic rings. The summed E-state index contributed by atoms with van der Waals surface area (Å²) in [5.74, 6) is 0.831. The summed E-state index contributed by atoms with van der Waals surface area (Å²) in [6, 6.07) is 6.27. The Morgan fingerprint density at radius 3 is 2.70 bits per heavy atom. The number of halogens is 2. The zero-order valence-electron chi connectivity index (χ0n) is 13.6. The molecule has 0 aromatic carbocycles. The van der Waals surface area contributed by atoms with Crippen LogP contribution in [0.5, 0.6) is 0 Å². The lowest BCUT2D eigenvalue weighted by Crippen LogP contribution is -2.37. The molecule has 0 saturated heterocycles. The molecule has 128 valence electrons. The number of aryl methyl sites for hydroxylation is 3. The molecule has 2 N–H and O–H groups in total. The van der Waals surface area contributed by atoms with Crippen LogP contribution in [0.2, 0.25) is 0 Å². The highest BCUT2D eigenvalue weighted by atomic mass is 127. The van der Waals surface area contributed by atoms with Gasteiger partial charge in [0.25, 0.3) is 0 Å². The predicted octanol–water partition coefficient (Wildman–Crippen LogP) is 3.70. The Labute approximate surface area is 167 Å². The SMILES string of the molecule is CN=C(NCCCn1nc(C)cc1C)NCc1ccc(Br)s1.I. The lowest BCUT2D eigenvalue weighted by molar-refractivity contribution is 0.555. The number of aromatic nitrogens is 2. The molecule has 0 radical (unpaired) electrons. The van der Waals surface area contributed by atoms with Gasteiger partial charge in [-0.25, -0.2) is 0 Å². The molecule has 2 aromatic heterocycles. The summed E-state index contributed by atoms with van der Waals surface area (Å²) in [6.45, 7) is 6.69. The van der Waals surface area contributed by atoms with Crippen LogP contribution >= 0.6 is 51.2 Å². The van der Waals surface area contributed by atoms with Gasteiger partial charge in [-0.05, 0) is 54.4 Å². The van der Waals surface area contributed by atoms with E-state index in [4.69, 9.17) is 0 Å². The molecule has 0 amide bonds. The fourth-order valence-electron chi connectivity index (χ4n) is 2.18. The van der Waals surface area contributed by atoms with Gasteiger partial charge in [0.15, 0.2) is 5.96 Å². The molecule has 0 unspecified atom stereocenters. The molecular weight excluding hydrogens is 489 g/mol. The first-order valence-corrected chi connectivity index (χ1v) is 8.89. The molecule has 0 saturated carbocycles. The van der Waals surface area contributed by atoms with Gasteiger partial charge in [0.2, 0.25) is 0 Å². The maximum atomic E-state index is 4.47. The molecule has 0 bridgehead atoms. The van der Waals surface area contributed by atoms with Crippen LogP contribution in [0, 0.1) is 13.8 Å². The smallest absolute Gasteiger partial charge is 0.191 e. The van der Waals surface area contributed by atoms with Gasteiger partial charge in [0.1, 0.15) is 0 Å². The van der Waals surface area contributed by atoms with Crippen molar-refractivity contribution in [2.75, 3.05) is 13.6 Å². The van der Waals surface area contributed by atoms with E-state index in [0.29, 0.717) is 0 Å². The monoisotopic (exact) mass is 511 g/mol. The molecule has 0 atom stereocenters. The second kappa shape index (κ2) is 10.3. The number of guanidine groups is 1. The maximum Gasteiger partial charge on any atom is 0.191 e. The topological polar surface area (TPSA) is 54.2 Å². The summed E-state index contributed by atoms with van der Waals surface area (Å²) in [5.41, 5.74) is 2.29. The Morgan fingerprint density at radius 2 is 2.13 bits per heavy atom. The Morgan fingerprint density at radius 1 is 1.35 bits per heavy atom. The number of hydrogen-bond acceptors (Lipinski definition) is 3. The summed E-state index contributed by atoms with van der Waals surface area (Å²) in [4.78, 5) is 5.52. The van der Waals surface area contributed by atoms with E-state index in [1.807, 2.05) is 6.92 Å². The van der Waals surface area contributed by atoms with Crippen LogP contribution < -0.4 is 10.6 Å². The highest BCUT2D eigenvalue weighted by Crippen LogP contribution is 2.21. The molecule has 2 rings (SSSR count). The summed E-state index contributed by atoms with van der Waals surface area (Å²) < 4.78 is 3.20. The standard InChI is InChI=1S/C15H22BrN5S.HI/c1-11-9-12(2)21(20-11)8-4-7-18-15(17-3)19-10-13-5-6-14(16)22-13;/h5-6,9H,4,7-8,10H2,1-3H3,(H2,17,18,19);1H. The third-order valence-corrected chi connectivity index (χ3v) is 4.85. The Hall–Kier alpha value is -0.610. The highest BCUT2D eigenvalue weighted by Gasteiger charge is 2.02. The maximum absolute atomic E-state index is 4.47. The van der Waals surface area contributed by atoms with E-state index in [1.54, 1.807) is 18.4 Å². The fourth-order valence-corrected chi connectivity index (χ4v) is 3.60. The highest BCUT2D eigenvalue weighted by molar-refractivity contribution is 14.0. The molecule has 5 nitrogen and oxygen atoms in total. The first-order valence-electron chi connectivity index (χ1n) is 7.28. The van der Waals surface area contributed by atoms with Crippen LogP contribution in [0.15, 0.2) is 27.0 Å². The van der Waals surface area contributed by atoms with Gasteiger partial charge in [0.05, 0.1) is 16.0 Å².